The van der Waals surface area contributed by atoms with Crippen molar-refractivity contribution in [3.63, 3.8) is 0 Å². The molecule has 3 aromatic heterocycles. The van der Waals surface area contributed by atoms with Crippen LogP contribution in [0.25, 0.3) is 22.6 Å². The van der Waals surface area contributed by atoms with Crippen LogP contribution in [-0.2, 0) is 20.9 Å². The molecular weight excluding hydrogens is 464 g/mol. The van der Waals surface area contributed by atoms with Crippen LogP contribution in [0.1, 0.15) is 19.3 Å². The van der Waals surface area contributed by atoms with E-state index in [0.717, 1.165) is 5.82 Å². The molecule has 2 aliphatic rings. The van der Waals surface area contributed by atoms with Gasteiger partial charge in [0.25, 0.3) is 0 Å². The number of aromatic nitrogens is 6. The molecule has 3 N–H and O–H groups in total. The molecule has 5 heterocycles. The maximum atomic E-state index is 12.9. The highest BCUT2D eigenvalue weighted by Crippen LogP contribution is 2.27. The Balaban J connectivity index is 1.37. The van der Waals surface area contributed by atoms with Crippen LogP contribution < -0.4 is 16.0 Å². The van der Waals surface area contributed by atoms with Gasteiger partial charge in [0.05, 0.1) is 25.1 Å². The Bertz CT molecular complexity index is 1230. The zero-order valence-corrected chi connectivity index (χ0v) is 20.3. The minimum atomic E-state index is -0.0253. The first-order valence-electron chi connectivity index (χ1n) is 12.2. The fraction of sp³-hybridized carbons (Fsp3) is 0.522. The van der Waals surface area contributed by atoms with Gasteiger partial charge in [0.1, 0.15) is 0 Å². The fourth-order valence-corrected chi connectivity index (χ4v) is 4.64. The Morgan fingerprint density at radius 3 is 2.50 bits per heavy atom. The SMILES string of the molecule is CNC(=O)C1CCN(C(=O)CCn2cnc3c(N4CCOCC4)nc(-c4cnc(N)nc4)nc32)CC1. The van der Waals surface area contributed by atoms with Crippen molar-refractivity contribution in [1.29, 1.82) is 0 Å². The molecule has 0 spiro atoms. The molecule has 36 heavy (non-hydrogen) atoms. The second-order valence-corrected chi connectivity index (χ2v) is 8.93. The second kappa shape index (κ2) is 10.4. The second-order valence-electron chi connectivity index (χ2n) is 8.93. The minimum absolute atomic E-state index is 0.0253. The predicted octanol–water partition coefficient (Wildman–Crippen LogP) is 0.0768. The molecule has 13 heteroatoms. The number of anilines is 2. The normalized spacial score (nSPS) is 16.9. The highest BCUT2D eigenvalue weighted by molar-refractivity contribution is 5.86. The van der Waals surface area contributed by atoms with Crippen molar-refractivity contribution < 1.29 is 14.3 Å². The van der Waals surface area contributed by atoms with E-state index in [1.54, 1.807) is 25.8 Å². The molecule has 2 saturated heterocycles. The summed E-state index contributed by atoms with van der Waals surface area (Å²) in [6, 6.07) is 0. The van der Waals surface area contributed by atoms with E-state index in [-0.39, 0.29) is 23.7 Å². The van der Waals surface area contributed by atoms with Crippen LogP contribution in [0.3, 0.4) is 0 Å². The van der Waals surface area contributed by atoms with Crippen molar-refractivity contribution in [2.24, 2.45) is 5.92 Å². The standard InChI is InChI=1S/C23H30N10O3/c1-25-22(35)15-2-5-31(6-3-15)17(34)4-7-33-14-28-18-20(32-8-10-36-11-9-32)29-19(30-21(18)33)16-12-26-23(24)27-13-16/h12-15H,2-11H2,1H3,(H,25,35)(H2,24,26,27). The highest BCUT2D eigenvalue weighted by atomic mass is 16.5. The maximum Gasteiger partial charge on any atom is 0.224 e. The number of carbonyl (C=O) groups is 2. The lowest BCUT2D eigenvalue weighted by Crippen LogP contribution is -2.42. The molecule has 0 unspecified atom stereocenters. The first kappa shape index (κ1) is 23.9. The van der Waals surface area contributed by atoms with Crippen molar-refractivity contribution in [3.05, 3.63) is 18.7 Å². The van der Waals surface area contributed by atoms with Gasteiger partial charge in [0, 0.05) is 64.5 Å². The first-order valence-corrected chi connectivity index (χ1v) is 12.2. The number of nitrogens with one attached hydrogen (secondary N) is 1. The molecule has 5 rings (SSSR count). The molecular formula is C23H30N10O3. The lowest BCUT2D eigenvalue weighted by Gasteiger charge is -2.31. The number of nitrogens with zero attached hydrogens (tertiary/aromatic N) is 8. The summed E-state index contributed by atoms with van der Waals surface area (Å²) in [7, 11) is 1.65. The molecule has 13 nitrogen and oxygen atoms in total. The average Bonchev–Trinajstić information content (AvgIpc) is 3.34. The number of imidazole rings is 1. The number of rotatable bonds is 6. The van der Waals surface area contributed by atoms with Gasteiger partial charge in [-0.3, -0.25) is 9.59 Å². The predicted molar refractivity (Wildman–Crippen MR) is 132 cm³/mol. The van der Waals surface area contributed by atoms with Gasteiger partial charge < -0.3 is 30.2 Å². The summed E-state index contributed by atoms with van der Waals surface area (Å²) in [4.78, 5) is 51.1. The molecule has 0 radical (unpaired) electrons. The Labute approximate surface area is 208 Å². The summed E-state index contributed by atoms with van der Waals surface area (Å²) in [6.45, 7) is 4.22. The molecule has 0 aromatic carbocycles. The molecule has 0 bridgehead atoms. The number of hydrogen-bond donors (Lipinski definition) is 2. The van der Waals surface area contributed by atoms with Gasteiger partial charge in [-0.1, -0.05) is 0 Å². The lowest BCUT2D eigenvalue weighted by molar-refractivity contribution is -0.135. The summed E-state index contributed by atoms with van der Waals surface area (Å²) in [6.07, 6.45) is 6.58. The molecule has 190 valence electrons. The van der Waals surface area contributed by atoms with Gasteiger partial charge >= 0.3 is 0 Å². The quantitative estimate of drug-likeness (QED) is 0.481. The van der Waals surface area contributed by atoms with E-state index in [4.69, 9.17) is 20.4 Å². The number of carbonyl (C=O) groups excluding carboxylic acids is 2. The number of amides is 2. The number of fused-ring (bicyclic) bond motifs is 1. The third kappa shape index (κ3) is 4.91. The van der Waals surface area contributed by atoms with E-state index >= 15 is 0 Å². The third-order valence-corrected chi connectivity index (χ3v) is 6.72. The molecule has 2 fully saturated rings. The van der Waals surface area contributed by atoms with Crippen molar-refractivity contribution in [2.75, 3.05) is 57.1 Å². The van der Waals surface area contributed by atoms with Crippen molar-refractivity contribution in [2.45, 2.75) is 25.8 Å². The number of hydrogen-bond acceptors (Lipinski definition) is 10. The number of likely N-dealkylation sites (tertiary alicyclic amines) is 1. The summed E-state index contributed by atoms with van der Waals surface area (Å²) in [5.41, 5.74) is 7.62. The van der Waals surface area contributed by atoms with Crippen molar-refractivity contribution >= 4 is 34.7 Å². The van der Waals surface area contributed by atoms with E-state index < -0.39 is 0 Å². The smallest absolute Gasteiger partial charge is 0.224 e. The van der Waals surface area contributed by atoms with Crippen LogP contribution in [0.4, 0.5) is 11.8 Å². The first-order chi connectivity index (χ1) is 17.5. The van der Waals surface area contributed by atoms with Crippen LogP contribution in [-0.4, -0.2) is 92.6 Å². The Hall–Kier alpha value is -3.87. The van der Waals surface area contributed by atoms with Gasteiger partial charge in [0.2, 0.25) is 17.8 Å². The number of morpholine rings is 1. The third-order valence-electron chi connectivity index (χ3n) is 6.72. The largest absolute Gasteiger partial charge is 0.378 e. The van der Waals surface area contributed by atoms with E-state index in [1.165, 1.54) is 0 Å². The van der Waals surface area contributed by atoms with Gasteiger partial charge in [-0.25, -0.2) is 24.9 Å². The van der Waals surface area contributed by atoms with E-state index in [1.807, 2.05) is 9.47 Å². The summed E-state index contributed by atoms with van der Waals surface area (Å²) >= 11 is 0. The minimum Gasteiger partial charge on any atom is -0.378 e. The zero-order valence-electron chi connectivity index (χ0n) is 20.3. The van der Waals surface area contributed by atoms with Crippen LogP contribution in [0, 0.1) is 5.92 Å². The highest BCUT2D eigenvalue weighted by Gasteiger charge is 2.27. The maximum absolute atomic E-state index is 12.9. The van der Waals surface area contributed by atoms with Gasteiger partial charge in [-0.2, -0.15) is 0 Å². The van der Waals surface area contributed by atoms with Crippen molar-refractivity contribution in [1.82, 2.24) is 39.7 Å². The van der Waals surface area contributed by atoms with Crippen LogP contribution >= 0.6 is 0 Å². The number of nitrogens with two attached hydrogens (primary N) is 1. The lowest BCUT2D eigenvalue weighted by atomic mass is 9.96. The molecule has 2 amide bonds. The molecule has 2 aliphatic heterocycles. The Morgan fingerprint density at radius 1 is 1.08 bits per heavy atom. The van der Waals surface area contributed by atoms with E-state index in [0.29, 0.717) is 87.8 Å². The Morgan fingerprint density at radius 2 is 1.81 bits per heavy atom. The molecule has 0 aliphatic carbocycles. The number of aryl methyl sites for hydroxylation is 1. The molecule has 3 aromatic rings. The topological polar surface area (TPSA) is 157 Å². The number of piperidine rings is 1. The van der Waals surface area contributed by atoms with Crippen LogP contribution in [0.15, 0.2) is 18.7 Å². The fourth-order valence-electron chi connectivity index (χ4n) is 4.64. The molecule has 0 atom stereocenters. The zero-order chi connectivity index (χ0) is 25.1. The van der Waals surface area contributed by atoms with Gasteiger partial charge in [0.15, 0.2) is 22.8 Å². The van der Waals surface area contributed by atoms with Gasteiger partial charge in [-0.05, 0) is 12.8 Å². The number of nitrogen functional groups attached to an aromatic ring is 1. The van der Waals surface area contributed by atoms with E-state index in [2.05, 4.69) is 25.2 Å². The Kier molecular flexibility index (Phi) is 6.89. The monoisotopic (exact) mass is 494 g/mol. The summed E-state index contributed by atoms with van der Waals surface area (Å²) in [5.74, 6) is 1.44. The average molecular weight is 495 g/mol. The molecule has 0 saturated carbocycles. The van der Waals surface area contributed by atoms with E-state index in [9.17, 15) is 9.59 Å². The summed E-state index contributed by atoms with van der Waals surface area (Å²) in [5, 5.41) is 2.70. The van der Waals surface area contributed by atoms with Crippen molar-refractivity contribution in [3.8, 4) is 11.4 Å². The van der Waals surface area contributed by atoms with Gasteiger partial charge in [-0.15, -0.1) is 0 Å². The van der Waals surface area contributed by atoms with Crippen LogP contribution in [0.2, 0.25) is 0 Å². The van der Waals surface area contributed by atoms with Crippen LogP contribution in [0.5, 0.6) is 0 Å². The number of ether oxygens (including phenoxy) is 1. The summed E-state index contributed by atoms with van der Waals surface area (Å²) < 4.78 is 7.39.